The van der Waals surface area contributed by atoms with Crippen LogP contribution in [0.3, 0.4) is 0 Å². The molecule has 21 heavy (non-hydrogen) atoms. The Hall–Kier alpha value is -1.70. The lowest BCUT2D eigenvalue weighted by molar-refractivity contribution is -0.138. The highest BCUT2D eigenvalue weighted by Crippen LogP contribution is 2.22. The zero-order valence-corrected chi connectivity index (χ0v) is 12.2. The minimum atomic E-state index is -1.04. The Kier molecular flexibility index (Phi) is 7.07. The lowest BCUT2D eigenvalue weighted by Gasteiger charge is -2.19. The summed E-state index contributed by atoms with van der Waals surface area (Å²) in [5.41, 5.74) is 0.269. The van der Waals surface area contributed by atoms with E-state index in [9.17, 15) is 14.0 Å². The van der Waals surface area contributed by atoms with E-state index in [0.29, 0.717) is 13.2 Å². The molecule has 1 amide bonds. The van der Waals surface area contributed by atoms with Crippen LogP contribution in [0.4, 0.5) is 10.1 Å². The number of amides is 1. The molecule has 0 spiro atoms. The van der Waals surface area contributed by atoms with Gasteiger partial charge in [-0.05, 0) is 18.2 Å². The Morgan fingerprint density at radius 3 is 2.71 bits per heavy atom. The van der Waals surface area contributed by atoms with Crippen molar-refractivity contribution in [1.82, 2.24) is 4.90 Å². The molecule has 0 saturated carbocycles. The summed E-state index contributed by atoms with van der Waals surface area (Å²) in [6, 6.07) is 3.59. The Morgan fingerprint density at radius 1 is 1.43 bits per heavy atom. The van der Waals surface area contributed by atoms with Crippen molar-refractivity contribution in [1.29, 1.82) is 0 Å². The van der Waals surface area contributed by atoms with E-state index in [0.717, 1.165) is 6.07 Å². The van der Waals surface area contributed by atoms with Gasteiger partial charge in [-0.15, -0.1) is 0 Å². The highest BCUT2D eigenvalue weighted by Gasteiger charge is 2.15. The third-order valence-electron chi connectivity index (χ3n) is 2.54. The average Bonchev–Trinajstić information content (AvgIpc) is 2.38. The molecule has 0 bridgehead atoms. The summed E-state index contributed by atoms with van der Waals surface area (Å²) in [4.78, 5) is 24.0. The van der Waals surface area contributed by atoms with E-state index in [1.54, 1.807) is 0 Å². The summed E-state index contributed by atoms with van der Waals surface area (Å²) in [5.74, 6) is -2.00. The van der Waals surface area contributed by atoms with Crippen LogP contribution in [-0.2, 0) is 14.3 Å². The number of carbonyl (C=O) groups excluding carboxylic acids is 1. The summed E-state index contributed by atoms with van der Waals surface area (Å²) in [7, 11) is 1.48. The molecule has 116 valence electrons. The van der Waals surface area contributed by atoms with Gasteiger partial charge >= 0.3 is 5.97 Å². The number of rotatable bonds is 8. The van der Waals surface area contributed by atoms with Gasteiger partial charge in [-0.1, -0.05) is 11.6 Å². The topological polar surface area (TPSA) is 78.9 Å². The van der Waals surface area contributed by atoms with Crippen molar-refractivity contribution in [2.75, 3.05) is 38.7 Å². The summed E-state index contributed by atoms with van der Waals surface area (Å²) in [5, 5.41) is 11.4. The Balaban J connectivity index is 2.61. The van der Waals surface area contributed by atoms with Crippen molar-refractivity contribution in [3.63, 3.8) is 0 Å². The maximum absolute atomic E-state index is 12.9. The molecule has 2 N–H and O–H groups in total. The Morgan fingerprint density at radius 2 is 2.14 bits per heavy atom. The predicted molar refractivity (Wildman–Crippen MR) is 76.0 cm³/mol. The van der Waals surface area contributed by atoms with Crippen molar-refractivity contribution in [3.05, 3.63) is 29.0 Å². The van der Waals surface area contributed by atoms with Gasteiger partial charge in [0, 0.05) is 13.7 Å². The van der Waals surface area contributed by atoms with Gasteiger partial charge in [-0.25, -0.2) is 4.39 Å². The van der Waals surface area contributed by atoms with Crippen LogP contribution in [0.2, 0.25) is 5.02 Å². The van der Waals surface area contributed by atoms with Gasteiger partial charge in [-0.2, -0.15) is 0 Å². The lowest BCUT2D eigenvalue weighted by Crippen LogP contribution is -2.38. The van der Waals surface area contributed by atoms with Crippen molar-refractivity contribution in [2.45, 2.75) is 0 Å². The summed E-state index contributed by atoms with van der Waals surface area (Å²) in [6.07, 6.45) is 0. The fraction of sp³-hybridized carbons (Fsp3) is 0.385. The molecule has 0 saturated heterocycles. The number of nitrogens with one attached hydrogen (secondary N) is 1. The van der Waals surface area contributed by atoms with Crippen molar-refractivity contribution in [3.8, 4) is 0 Å². The first-order chi connectivity index (χ1) is 9.92. The van der Waals surface area contributed by atoms with Crippen LogP contribution < -0.4 is 5.32 Å². The highest BCUT2D eigenvalue weighted by atomic mass is 35.5. The number of methoxy groups -OCH3 is 1. The minimum absolute atomic E-state index is 0.0741. The molecule has 1 rings (SSSR count). The third-order valence-corrected chi connectivity index (χ3v) is 2.86. The lowest BCUT2D eigenvalue weighted by atomic mass is 10.3. The number of aliphatic carboxylic acids is 1. The van der Waals surface area contributed by atoms with E-state index >= 15 is 0 Å². The first kappa shape index (κ1) is 17.4. The van der Waals surface area contributed by atoms with Crippen LogP contribution in [0.15, 0.2) is 18.2 Å². The molecule has 0 aliphatic carbocycles. The number of anilines is 1. The number of halogens is 2. The quantitative estimate of drug-likeness (QED) is 0.758. The standard InChI is InChI=1S/C13H16ClFN2O4/c1-21-5-4-17(8-13(19)20)7-12(18)16-11-3-2-9(15)6-10(11)14/h2-3,6H,4-5,7-8H2,1H3,(H,16,18)(H,19,20). The molecule has 0 unspecified atom stereocenters. The molecule has 1 aromatic carbocycles. The molecular formula is C13H16ClFN2O4. The highest BCUT2D eigenvalue weighted by molar-refractivity contribution is 6.33. The molecule has 0 heterocycles. The number of benzene rings is 1. The van der Waals surface area contributed by atoms with Crippen molar-refractivity contribution < 1.29 is 23.8 Å². The molecule has 8 heteroatoms. The number of nitrogens with zero attached hydrogens (tertiary/aromatic N) is 1. The first-order valence-corrected chi connectivity index (χ1v) is 6.48. The zero-order valence-electron chi connectivity index (χ0n) is 11.4. The molecule has 0 atom stereocenters. The molecular weight excluding hydrogens is 303 g/mol. The van der Waals surface area contributed by atoms with E-state index in [4.69, 9.17) is 21.4 Å². The van der Waals surface area contributed by atoms with E-state index in [2.05, 4.69) is 5.32 Å². The van der Waals surface area contributed by atoms with Crippen molar-refractivity contribution >= 4 is 29.2 Å². The van der Waals surface area contributed by atoms with Gasteiger partial charge in [0.1, 0.15) is 5.82 Å². The predicted octanol–water partition coefficient (Wildman–Crippen LogP) is 1.45. The second-order valence-corrected chi connectivity index (χ2v) is 4.68. The maximum atomic E-state index is 12.9. The maximum Gasteiger partial charge on any atom is 0.317 e. The number of ether oxygens (including phenoxy) is 1. The van der Waals surface area contributed by atoms with Crippen LogP contribution in [-0.4, -0.2) is 55.2 Å². The zero-order chi connectivity index (χ0) is 15.8. The first-order valence-electron chi connectivity index (χ1n) is 6.10. The molecule has 6 nitrogen and oxygen atoms in total. The average molecular weight is 319 g/mol. The second kappa shape index (κ2) is 8.56. The fourth-order valence-corrected chi connectivity index (χ4v) is 1.82. The van der Waals surface area contributed by atoms with Crippen LogP contribution in [0, 0.1) is 5.82 Å². The van der Waals surface area contributed by atoms with Gasteiger partial charge in [0.15, 0.2) is 0 Å². The summed E-state index contributed by atoms with van der Waals surface area (Å²) in [6.45, 7) is 0.183. The van der Waals surface area contributed by atoms with Gasteiger partial charge in [-0.3, -0.25) is 14.5 Å². The Labute approximate surface area is 126 Å². The number of carbonyl (C=O) groups is 2. The normalized spacial score (nSPS) is 10.7. The van der Waals surface area contributed by atoms with Gasteiger partial charge in [0.2, 0.25) is 5.91 Å². The summed E-state index contributed by atoms with van der Waals surface area (Å²) >= 11 is 5.80. The van der Waals surface area contributed by atoms with E-state index in [1.807, 2.05) is 0 Å². The van der Waals surface area contributed by atoms with Crippen molar-refractivity contribution in [2.24, 2.45) is 0 Å². The van der Waals surface area contributed by atoms with E-state index in [-0.39, 0.29) is 23.8 Å². The number of hydrogen-bond acceptors (Lipinski definition) is 4. The van der Waals surface area contributed by atoms with E-state index in [1.165, 1.54) is 24.1 Å². The third kappa shape index (κ3) is 6.52. The van der Waals surface area contributed by atoms with Crippen LogP contribution in [0.1, 0.15) is 0 Å². The second-order valence-electron chi connectivity index (χ2n) is 4.27. The number of hydrogen-bond donors (Lipinski definition) is 2. The molecule has 0 aromatic heterocycles. The number of carboxylic acids is 1. The number of carboxylic acid groups (broad SMARTS) is 1. The SMILES string of the molecule is COCCN(CC(=O)O)CC(=O)Nc1ccc(F)cc1Cl. The molecule has 1 aromatic rings. The summed E-state index contributed by atoms with van der Waals surface area (Å²) < 4.78 is 17.8. The monoisotopic (exact) mass is 318 g/mol. The van der Waals surface area contributed by atoms with Crippen LogP contribution in [0.25, 0.3) is 0 Å². The molecule has 0 fully saturated rings. The van der Waals surface area contributed by atoms with Crippen LogP contribution >= 0.6 is 11.6 Å². The minimum Gasteiger partial charge on any atom is -0.480 e. The molecule has 0 radical (unpaired) electrons. The largest absolute Gasteiger partial charge is 0.480 e. The Bertz CT molecular complexity index is 513. The van der Waals surface area contributed by atoms with Gasteiger partial charge in [0.05, 0.1) is 30.4 Å². The smallest absolute Gasteiger partial charge is 0.317 e. The van der Waals surface area contributed by atoms with E-state index < -0.39 is 17.7 Å². The molecule has 0 aliphatic heterocycles. The van der Waals surface area contributed by atoms with Gasteiger partial charge in [0.25, 0.3) is 0 Å². The van der Waals surface area contributed by atoms with Crippen LogP contribution in [0.5, 0.6) is 0 Å². The molecule has 0 aliphatic rings. The fourth-order valence-electron chi connectivity index (χ4n) is 1.61. The van der Waals surface area contributed by atoms with Gasteiger partial charge < -0.3 is 15.2 Å².